The van der Waals surface area contributed by atoms with Crippen molar-refractivity contribution in [3.63, 3.8) is 0 Å². The average molecular weight is 300 g/mol. The third-order valence-corrected chi connectivity index (χ3v) is 3.93. The van der Waals surface area contributed by atoms with E-state index in [4.69, 9.17) is 9.47 Å². The summed E-state index contributed by atoms with van der Waals surface area (Å²) in [5.74, 6) is 2.13. The van der Waals surface area contributed by atoms with E-state index < -0.39 is 0 Å². The van der Waals surface area contributed by atoms with E-state index in [1.165, 1.54) is 18.4 Å². The summed E-state index contributed by atoms with van der Waals surface area (Å²) in [6.45, 7) is 2.16. The topological polar surface area (TPSA) is 30.5 Å². The number of nitrogens with one attached hydrogen (secondary N) is 1. The van der Waals surface area contributed by atoms with Crippen molar-refractivity contribution in [3.8, 4) is 11.5 Å². The van der Waals surface area contributed by atoms with Gasteiger partial charge in [-0.1, -0.05) is 15.9 Å². The van der Waals surface area contributed by atoms with Crippen LogP contribution >= 0.6 is 15.9 Å². The molecule has 1 aliphatic rings. The number of rotatable bonds is 3. The lowest BCUT2D eigenvalue weighted by molar-refractivity contribution is 0.353. The van der Waals surface area contributed by atoms with Crippen molar-refractivity contribution in [3.05, 3.63) is 22.2 Å². The van der Waals surface area contributed by atoms with Crippen LogP contribution in [0.25, 0.3) is 0 Å². The Kier molecular flexibility index (Phi) is 4.29. The minimum absolute atomic E-state index is 0.554. The number of halogens is 1. The first-order valence-corrected chi connectivity index (χ1v) is 6.67. The monoisotopic (exact) mass is 299 g/mol. The summed E-state index contributed by atoms with van der Waals surface area (Å²) in [5, 5.41) is 3.43. The predicted octanol–water partition coefficient (Wildman–Crippen LogP) is 2.93. The number of hydrogen-bond acceptors (Lipinski definition) is 3. The first-order chi connectivity index (χ1) is 8.26. The smallest absolute Gasteiger partial charge is 0.161 e. The number of methoxy groups -OCH3 is 2. The van der Waals surface area contributed by atoms with Gasteiger partial charge in [-0.15, -0.1) is 0 Å². The maximum atomic E-state index is 5.36. The van der Waals surface area contributed by atoms with E-state index in [-0.39, 0.29) is 0 Å². The van der Waals surface area contributed by atoms with Gasteiger partial charge in [-0.2, -0.15) is 0 Å². The molecule has 1 aromatic rings. The number of hydrogen-bond donors (Lipinski definition) is 1. The molecule has 1 saturated heterocycles. The molecular formula is C13H18BrNO2. The minimum atomic E-state index is 0.554. The van der Waals surface area contributed by atoms with Crippen LogP contribution in [-0.2, 0) is 0 Å². The Balaban J connectivity index is 2.32. The molecule has 1 aliphatic heterocycles. The van der Waals surface area contributed by atoms with E-state index in [0.29, 0.717) is 5.92 Å². The molecule has 0 aromatic heterocycles. The molecule has 1 aromatic carbocycles. The second kappa shape index (κ2) is 5.74. The molecule has 0 unspecified atom stereocenters. The van der Waals surface area contributed by atoms with Crippen molar-refractivity contribution in [1.82, 2.24) is 5.32 Å². The second-order valence-corrected chi connectivity index (χ2v) is 5.13. The van der Waals surface area contributed by atoms with Gasteiger partial charge in [0.25, 0.3) is 0 Å². The van der Waals surface area contributed by atoms with Crippen LogP contribution in [0.5, 0.6) is 11.5 Å². The Labute approximate surface area is 111 Å². The van der Waals surface area contributed by atoms with Gasteiger partial charge in [0.2, 0.25) is 0 Å². The molecule has 1 atom stereocenters. The first kappa shape index (κ1) is 12.7. The molecule has 0 saturated carbocycles. The fourth-order valence-corrected chi connectivity index (χ4v) is 2.95. The summed E-state index contributed by atoms with van der Waals surface area (Å²) < 4.78 is 11.7. The van der Waals surface area contributed by atoms with Crippen LogP contribution in [0.1, 0.15) is 24.3 Å². The van der Waals surface area contributed by atoms with Crippen molar-refractivity contribution in [2.24, 2.45) is 0 Å². The highest BCUT2D eigenvalue weighted by atomic mass is 79.9. The van der Waals surface area contributed by atoms with Gasteiger partial charge in [-0.3, -0.25) is 0 Å². The maximum Gasteiger partial charge on any atom is 0.161 e. The Morgan fingerprint density at radius 1 is 1.24 bits per heavy atom. The molecule has 0 amide bonds. The third-order valence-electron chi connectivity index (χ3n) is 3.24. The lowest BCUT2D eigenvalue weighted by Gasteiger charge is -2.25. The van der Waals surface area contributed by atoms with Gasteiger partial charge in [0.1, 0.15) is 0 Å². The molecule has 0 aliphatic carbocycles. The van der Waals surface area contributed by atoms with Crippen LogP contribution in [0.4, 0.5) is 0 Å². The number of benzene rings is 1. The van der Waals surface area contributed by atoms with Crippen LogP contribution in [0.3, 0.4) is 0 Å². The highest BCUT2D eigenvalue weighted by molar-refractivity contribution is 9.10. The molecule has 1 fully saturated rings. The van der Waals surface area contributed by atoms with Gasteiger partial charge < -0.3 is 14.8 Å². The molecular weight excluding hydrogens is 282 g/mol. The third kappa shape index (κ3) is 2.75. The van der Waals surface area contributed by atoms with E-state index >= 15 is 0 Å². The predicted molar refractivity (Wildman–Crippen MR) is 72.1 cm³/mol. The zero-order valence-electron chi connectivity index (χ0n) is 10.3. The molecule has 17 heavy (non-hydrogen) atoms. The molecule has 0 bridgehead atoms. The summed E-state index contributed by atoms with van der Waals surface area (Å²) in [5.41, 5.74) is 1.30. The molecule has 0 radical (unpaired) electrons. The zero-order chi connectivity index (χ0) is 12.3. The Morgan fingerprint density at radius 3 is 2.53 bits per heavy atom. The molecule has 0 spiro atoms. The standard InChI is InChI=1S/C13H18BrNO2/c1-16-12-6-10(9-4-3-5-15-8-9)11(14)7-13(12)17-2/h6-7,9,15H,3-5,8H2,1-2H3/t9-/m0/s1. The Morgan fingerprint density at radius 2 is 1.94 bits per heavy atom. The summed E-state index contributed by atoms with van der Waals surface area (Å²) >= 11 is 3.62. The quantitative estimate of drug-likeness (QED) is 0.931. The highest BCUT2D eigenvalue weighted by Crippen LogP contribution is 2.38. The second-order valence-electron chi connectivity index (χ2n) is 4.27. The number of piperidine rings is 1. The fourth-order valence-electron chi connectivity index (χ4n) is 2.30. The summed E-state index contributed by atoms with van der Waals surface area (Å²) in [6.07, 6.45) is 2.45. The van der Waals surface area contributed by atoms with Gasteiger partial charge in [0, 0.05) is 11.0 Å². The SMILES string of the molecule is COc1cc(Br)c([C@H]2CCCNC2)cc1OC. The van der Waals surface area contributed by atoms with Crippen LogP contribution in [-0.4, -0.2) is 27.3 Å². The summed E-state index contributed by atoms with van der Waals surface area (Å²) in [7, 11) is 3.33. The van der Waals surface area contributed by atoms with E-state index in [1.54, 1.807) is 14.2 Å². The van der Waals surface area contributed by atoms with E-state index in [2.05, 4.69) is 27.3 Å². The molecule has 2 rings (SSSR count). The van der Waals surface area contributed by atoms with Gasteiger partial charge >= 0.3 is 0 Å². The van der Waals surface area contributed by atoms with Crippen molar-refractivity contribution >= 4 is 15.9 Å². The zero-order valence-corrected chi connectivity index (χ0v) is 11.8. The van der Waals surface area contributed by atoms with Crippen molar-refractivity contribution in [1.29, 1.82) is 0 Å². The van der Waals surface area contributed by atoms with E-state index in [1.807, 2.05) is 6.07 Å². The lowest BCUT2D eigenvalue weighted by atomic mass is 9.91. The highest BCUT2D eigenvalue weighted by Gasteiger charge is 2.20. The normalized spacial score (nSPS) is 20.1. The van der Waals surface area contributed by atoms with E-state index in [9.17, 15) is 0 Å². The summed E-state index contributed by atoms with van der Waals surface area (Å²) in [6, 6.07) is 4.07. The Hall–Kier alpha value is -0.740. The van der Waals surface area contributed by atoms with Gasteiger partial charge in [-0.05, 0) is 43.0 Å². The lowest BCUT2D eigenvalue weighted by Crippen LogP contribution is -2.28. The summed E-state index contributed by atoms with van der Waals surface area (Å²) in [4.78, 5) is 0. The molecule has 1 N–H and O–H groups in total. The van der Waals surface area contributed by atoms with E-state index in [0.717, 1.165) is 29.1 Å². The number of ether oxygens (including phenoxy) is 2. The molecule has 94 valence electrons. The fraction of sp³-hybridized carbons (Fsp3) is 0.538. The minimum Gasteiger partial charge on any atom is -0.493 e. The Bertz CT molecular complexity index is 389. The van der Waals surface area contributed by atoms with Crippen LogP contribution in [0.2, 0.25) is 0 Å². The van der Waals surface area contributed by atoms with Crippen molar-refractivity contribution < 1.29 is 9.47 Å². The average Bonchev–Trinajstić information content (AvgIpc) is 2.39. The first-order valence-electron chi connectivity index (χ1n) is 5.88. The molecule has 4 heteroatoms. The van der Waals surface area contributed by atoms with Crippen molar-refractivity contribution in [2.75, 3.05) is 27.3 Å². The molecule has 1 heterocycles. The van der Waals surface area contributed by atoms with Crippen LogP contribution in [0.15, 0.2) is 16.6 Å². The van der Waals surface area contributed by atoms with Gasteiger partial charge in [0.05, 0.1) is 14.2 Å². The van der Waals surface area contributed by atoms with Gasteiger partial charge in [0.15, 0.2) is 11.5 Å². The van der Waals surface area contributed by atoms with Crippen molar-refractivity contribution in [2.45, 2.75) is 18.8 Å². The van der Waals surface area contributed by atoms with Crippen LogP contribution < -0.4 is 14.8 Å². The molecule has 3 nitrogen and oxygen atoms in total. The van der Waals surface area contributed by atoms with Crippen LogP contribution in [0, 0.1) is 0 Å². The van der Waals surface area contributed by atoms with Gasteiger partial charge in [-0.25, -0.2) is 0 Å². The maximum absolute atomic E-state index is 5.36. The largest absolute Gasteiger partial charge is 0.493 e.